The molecule has 41 heavy (non-hydrogen) atoms. The highest BCUT2D eigenvalue weighted by atomic mass is 19.1. The van der Waals surface area contributed by atoms with Crippen molar-refractivity contribution in [2.24, 2.45) is 11.7 Å². The molecule has 7 nitrogen and oxygen atoms in total. The number of anilines is 1. The lowest BCUT2D eigenvalue weighted by Gasteiger charge is -2.45. The number of rotatable bonds is 5. The highest BCUT2D eigenvalue weighted by molar-refractivity contribution is 6.15. The number of hydrogen-bond donors (Lipinski definition) is 3. The van der Waals surface area contributed by atoms with Gasteiger partial charge < -0.3 is 25.5 Å². The van der Waals surface area contributed by atoms with Crippen LogP contribution < -0.4 is 11.1 Å². The van der Waals surface area contributed by atoms with Crippen LogP contribution in [0.25, 0.3) is 49.9 Å². The average molecular weight is 545 g/mol. The zero-order valence-corrected chi connectivity index (χ0v) is 22.4. The summed E-state index contributed by atoms with van der Waals surface area (Å²) in [6.07, 6.45) is 2.35. The molecule has 0 aliphatic carbocycles. The number of fused-ring (bicyclic) bond motifs is 7. The van der Waals surface area contributed by atoms with Gasteiger partial charge in [-0.15, -0.1) is 0 Å². The molecule has 2 aromatic heterocycles. The van der Waals surface area contributed by atoms with Crippen LogP contribution in [-0.4, -0.2) is 51.0 Å². The first-order valence-corrected chi connectivity index (χ1v) is 14.1. The number of aromatic nitrogens is 3. The third kappa shape index (κ3) is 3.89. The summed E-state index contributed by atoms with van der Waals surface area (Å²) < 4.78 is 16.1. The number of piperidine rings is 3. The number of nitrogens with two attached hydrogens (primary N) is 1. The van der Waals surface area contributed by atoms with E-state index in [2.05, 4.69) is 44.0 Å². The van der Waals surface area contributed by atoms with Crippen molar-refractivity contribution in [1.82, 2.24) is 19.4 Å². The van der Waals surface area contributed by atoms with E-state index < -0.39 is 5.91 Å². The second-order valence-corrected chi connectivity index (χ2v) is 11.3. The molecule has 2 bridgehead atoms. The van der Waals surface area contributed by atoms with Gasteiger partial charge in [-0.25, -0.2) is 9.37 Å². The lowest BCUT2D eigenvalue weighted by molar-refractivity contribution is 0.0969. The van der Waals surface area contributed by atoms with Gasteiger partial charge in [0, 0.05) is 40.3 Å². The van der Waals surface area contributed by atoms with Gasteiger partial charge in [0.1, 0.15) is 11.6 Å². The fraction of sp³-hybridized carbons (Fsp3) is 0.212. The van der Waals surface area contributed by atoms with E-state index in [0.29, 0.717) is 28.3 Å². The van der Waals surface area contributed by atoms with Gasteiger partial charge in [0.15, 0.2) is 0 Å². The molecule has 0 radical (unpaired) electrons. The Labute approximate surface area is 235 Å². The van der Waals surface area contributed by atoms with Crippen molar-refractivity contribution in [3.63, 3.8) is 0 Å². The van der Waals surface area contributed by atoms with E-state index in [1.807, 2.05) is 36.4 Å². The summed E-state index contributed by atoms with van der Waals surface area (Å²) in [4.78, 5) is 23.1. The predicted octanol–water partition coefficient (Wildman–Crippen LogP) is 6.07. The quantitative estimate of drug-likeness (QED) is 0.246. The zero-order valence-electron chi connectivity index (χ0n) is 22.4. The SMILES string of the molecule is NC(=O)c1ccc(-n2c3ccccc3c3c(-c4nc5ccc(F)cc5[nH]4)cccc32)cc1NC1CN2CCC1CC2. The van der Waals surface area contributed by atoms with Gasteiger partial charge in [-0.2, -0.15) is 0 Å². The second kappa shape index (κ2) is 9.17. The number of aromatic amines is 1. The lowest BCUT2D eigenvalue weighted by Crippen LogP contribution is -2.53. The molecule has 3 fully saturated rings. The van der Waals surface area contributed by atoms with E-state index in [1.165, 1.54) is 25.0 Å². The summed E-state index contributed by atoms with van der Waals surface area (Å²) in [5, 5.41) is 5.84. The summed E-state index contributed by atoms with van der Waals surface area (Å²) in [5.74, 6) is 0.543. The van der Waals surface area contributed by atoms with E-state index >= 15 is 0 Å². The van der Waals surface area contributed by atoms with Crippen molar-refractivity contribution in [1.29, 1.82) is 0 Å². The van der Waals surface area contributed by atoms with Crippen molar-refractivity contribution < 1.29 is 9.18 Å². The summed E-state index contributed by atoms with van der Waals surface area (Å²) >= 11 is 0. The number of carbonyl (C=O) groups excluding carboxylic acids is 1. The molecule has 6 aromatic rings. The Balaban J connectivity index is 1.31. The number of nitrogens with zero attached hydrogens (tertiary/aromatic N) is 3. The molecule has 204 valence electrons. The van der Waals surface area contributed by atoms with Crippen LogP contribution in [0.2, 0.25) is 0 Å². The third-order valence-electron chi connectivity index (χ3n) is 8.92. The summed E-state index contributed by atoms with van der Waals surface area (Å²) in [6, 6.07) is 25.2. The smallest absolute Gasteiger partial charge is 0.250 e. The number of benzene rings is 4. The van der Waals surface area contributed by atoms with Crippen LogP contribution in [0.15, 0.2) is 78.9 Å². The first kappa shape index (κ1) is 24.1. The Bertz CT molecular complexity index is 1980. The normalized spacial score (nSPS) is 20.3. The molecule has 0 spiro atoms. The number of H-pyrrole nitrogens is 1. The van der Waals surface area contributed by atoms with Crippen LogP contribution in [0.5, 0.6) is 0 Å². The molecule has 4 N–H and O–H groups in total. The van der Waals surface area contributed by atoms with Crippen LogP contribution >= 0.6 is 0 Å². The highest BCUT2D eigenvalue weighted by Gasteiger charge is 2.34. The molecule has 8 heteroatoms. The maximum atomic E-state index is 13.9. The number of para-hydroxylation sites is 1. The first-order chi connectivity index (χ1) is 20.0. The number of imidazole rings is 1. The molecule has 1 atom stereocenters. The topological polar surface area (TPSA) is 92.0 Å². The number of carbonyl (C=O) groups is 1. The Morgan fingerprint density at radius 2 is 1.80 bits per heavy atom. The van der Waals surface area contributed by atoms with Gasteiger partial charge in [0.2, 0.25) is 0 Å². The molecule has 1 unspecified atom stereocenters. The van der Waals surface area contributed by atoms with E-state index in [-0.39, 0.29) is 11.9 Å². The molecule has 5 heterocycles. The van der Waals surface area contributed by atoms with Crippen LogP contribution in [0, 0.1) is 11.7 Å². The number of nitrogens with one attached hydrogen (secondary N) is 2. The number of primary amides is 1. The van der Waals surface area contributed by atoms with Crippen molar-refractivity contribution in [2.45, 2.75) is 18.9 Å². The maximum absolute atomic E-state index is 13.9. The van der Waals surface area contributed by atoms with Gasteiger partial charge in [-0.3, -0.25) is 4.79 Å². The minimum atomic E-state index is -0.439. The molecule has 4 aromatic carbocycles. The number of hydrogen-bond acceptors (Lipinski definition) is 4. The average Bonchev–Trinajstić information content (AvgIpc) is 3.56. The Morgan fingerprint density at radius 3 is 2.61 bits per heavy atom. The third-order valence-corrected chi connectivity index (χ3v) is 8.92. The maximum Gasteiger partial charge on any atom is 0.250 e. The highest BCUT2D eigenvalue weighted by Crippen LogP contribution is 2.39. The summed E-state index contributed by atoms with van der Waals surface area (Å²) in [6.45, 7) is 3.28. The molecule has 1 amide bonds. The van der Waals surface area contributed by atoms with Crippen LogP contribution in [0.3, 0.4) is 0 Å². The van der Waals surface area contributed by atoms with E-state index in [9.17, 15) is 9.18 Å². The number of amides is 1. The van der Waals surface area contributed by atoms with Crippen LogP contribution in [-0.2, 0) is 0 Å². The second-order valence-electron chi connectivity index (χ2n) is 11.3. The van der Waals surface area contributed by atoms with Crippen LogP contribution in [0.1, 0.15) is 23.2 Å². The fourth-order valence-electron chi connectivity index (χ4n) is 6.94. The monoisotopic (exact) mass is 544 g/mol. The van der Waals surface area contributed by atoms with E-state index in [0.717, 1.165) is 58.4 Å². The first-order valence-electron chi connectivity index (χ1n) is 14.1. The fourth-order valence-corrected chi connectivity index (χ4v) is 6.94. The Kier molecular flexibility index (Phi) is 5.40. The van der Waals surface area contributed by atoms with Gasteiger partial charge >= 0.3 is 0 Å². The van der Waals surface area contributed by atoms with Crippen molar-refractivity contribution >= 4 is 44.4 Å². The lowest BCUT2D eigenvalue weighted by atomic mass is 9.84. The van der Waals surface area contributed by atoms with Gasteiger partial charge in [-0.05, 0) is 80.4 Å². The standard InChI is InChI=1S/C33H29FN6O/c34-20-8-11-25-27(16-20)38-33(37-25)24-5-3-7-30-31(24)23-4-1-2-6-29(23)40(30)21-9-10-22(32(35)41)26(17-21)36-28-18-39-14-12-19(28)13-15-39/h1-11,16-17,19,28,36H,12-15,18H2,(H2,35,41)(H,37,38). The molecular formula is C33H29FN6O. The molecule has 3 aliphatic heterocycles. The van der Waals surface area contributed by atoms with Gasteiger partial charge in [-0.1, -0.05) is 30.3 Å². The van der Waals surface area contributed by atoms with Crippen molar-refractivity contribution in [2.75, 3.05) is 25.0 Å². The van der Waals surface area contributed by atoms with Crippen molar-refractivity contribution in [3.05, 3.63) is 90.2 Å². The molecule has 0 saturated carbocycles. The summed E-state index contributed by atoms with van der Waals surface area (Å²) in [5.41, 5.74) is 12.4. The molecular weight excluding hydrogens is 515 g/mol. The van der Waals surface area contributed by atoms with Gasteiger partial charge in [0.05, 0.1) is 27.6 Å². The zero-order chi connectivity index (χ0) is 27.7. The minimum Gasteiger partial charge on any atom is -0.380 e. The molecule has 3 aliphatic rings. The molecule has 9 rings (SSSR count). The van der Waals surface area contributed by atoms with E-state index in [4.69, 9.17) is 10.7 Å². The van der Waals surface area contributed by atoms with Crippen molar-refractivity contribution in [3.8, 4) is 17.1 Å². The van der Waals surface area contributed by atoms with Crippen LogP contribution in [0.4, 0.5) is 10.1 Å². The Hall–Kier alpha value is -4.69. The Morgan fingerprint density at radius 1 is 0.976 bits per heavy atom. The molecule has 3 saturated heterocycles. The van der Waals surface area contributed by atoms with E-state index in [1.54, 1.807) is 6.07 Å². The van der Waals surface area contributed by atoms with Gasteiger partial charge in [0.25, 0.3) is 5.91 Å². The summed E-state index contributed by atoms with van der Waals surface area (Å²) in [7, 11) is 0. The predicted molar refractivity (Wildman–Crippen MR) is 161 cm³/mol. The minimum absolute atomic E-state index is 0.286. The number of halogens is 1. The largest absolute Gasteiger partial charge is 0.380 e.